The van der Waals surface area contributed by atoms with Crippen LogP contribution in [0.15, 0.2) is 36.4 Å². The lowest BCUT2D eigenvalue weighted by molar-refractivity contribution is 0.0690. The third-order valence-electron chi connectivity index (χ3n) is 4.54. The van der Waals surface area contributed by atoms with Crippen molar-refractivity contribution in [1.29, 1.82) is 0 Å². The predicted molar refractivity (Wildman–Crippen MR) is 122 cm³/mol. The zero-order valence-corrected chi connectivity index (χ0v) is 19.8. The van der Waals surface area contributed by atoms with Crippen molar-refractivity contribution in [2.24, 2.45) is 0 Å². The molecule has 0 amide bonds. The van der Waals surface area contributed by atoms with Gasteiger partial charge >= 0.3 is 18.0 Å². The van der Waals surface area contributed by atoms with Gasteiger partial charge in [0.05, 0.1) is 40.6 Å². The predicted octanol–water partition coefficient (Wildman–Crippen LogP) is 3.70. The molecule has 0 bridgehead atoms. The minimum atomic E-state index is -1.32. The van der Waals surface area contributed by atoms with Gasteiger partial charge in [-0.15, -0.1) is 0 Å². The number of carbonyl (C=O) groups is 1. The summed E-state index contributed by atoms with van der Waals surface area (Å²) in [4.78, 5) is 28.8. The molecule has 12 heteroatoms. The molecule has 0 aliphatic heterocycles. The summed E-state index contributed by atoms with van der Waals surface area (Å²) in [5, 5.41) is 10.1. The Morgan fingerprint density at radius 3 is 1.74 bits per heavy atom. The van der Waals surface area contributed by atoms with Gasteiger partial charge in [0.25, 0.3) is 0 Å². The topological polar surface area (TPSA) is 144 Å². The summed E-state index contributed by atoms with van der Waals surface area (Å²) in [6.07, 6.45) is 4.05. The molecule has 2 heterocycles. The van der Waals surface area contributed by atoms with Gasteiger partial charge in [-0.2, -0.15) is 19.9 Å². The summed E-state index contributed by atoms with van der Waals surface area (Å²) >= 11 is 0. The average Bonchev–Trinajstić information content (AvgIpc) is 2.87. The summed E-state index contributed by atoms with van der Waals surface area (Å²) in [6.45, 7) is 1.85. The van der Waals surface area contributed by atoms with Gasteiger partial charge in [-0.05, 0) is 25.0 Å². The van der Waals surface area contributed by atoms with Crippen LogP contribution in [-0.4, -0.2) is 59.5 Å². The zero-order chi connectivity index (χ0) is 25.4. The van der Waals surface area contributed by atoms with Gasteiger partial charge < -0.3 is 33.5 Å². The number of hydrogen-bond acceptors (Lipinski definition) is 11. The third-order valence-corrected chi connectivity index (χ3v) is 4.54. The Hall–Kier alpha value is -4.61. The van der Waals surface area contributed by atoms with Crippen LogP contribution in [-0.2, 0) is 6.42 Å². The number of allylic oxidation sites excluding steroid dienone is 2. The van der Waals surface area contributed by atoms with E-state index in [1.54, 1.807) is 6.07 Å². The molecule has 0 radical (unpaired) electrons. The first kappa shape index (κ1) is 25.0. The van der Waals surface area contributed by atoms with E-state index in [1.807, 2.05) is 19.1 Å². The largest absolute Gasteiger partial charge is 0.481 e. The van der Waals surface area contributed by atoms with Crippen molar-refractivity contribution in [2.75, 3.05) is 28.4 Å². The van der Waals surface area contributed by atoms with Crippen LogP contribution in [0.4, 0.5) is 0 Å². The van der Waals surface area contributed by atoms with Crippen molar-refractivity contribution in [2.45, 2.75) is 13.3 Å². The Labute approximate surface area is 201 Å². The molecule has 184 valence electrons. The van der Waals surface area contributed by atoms with Crippen LogP contribution >= 0.6 is 0 Å². The molecule has 12 nitrogen and oxygen atoms in total. The molecule has 35 heavy (non-hydrogen) atoms. The second kappa shape index (κ2) is 11.5. The molecular formula is C23H24N4O8. The van der Waals surface area contributed by atoms with Crippen molar-refractivity contribution in [3.63, 3.8) is 0 Å². The average molecular weight is 484 g/mol. The summed E-state index contributed by atoms with van der Waals surface area (Å²) in [5.41, 5.74) is 0.255. The highest BCUT2D eigenvalue weighted by molar-refractivity contribution is 5.95. The molecule has 0 saturated heterocycles. The Morgan fingerprint density at radius 1 is 0.829 bits per heavy atom. The number of methoxy groups -OCH3 is 4. The molecule has 1 N–H and O–H groups in total. The Morgan fingerprint density at radius 2 is 1.31 bits per heavy atom. The molecule has 0 aliphatic rings. The van der Waals surface area contributed by atoms with E-state index in [9.17, 15) is 9.90 Å². The molecular weight excluding hydrogens is 460 g/mol. The molecule has 0 saturated carbocycles. The normalized spacial score (nSPS) is 10.7. The summed E-state index contributed by atoms with van der Waals surface area (Å²) in [7, 11) is 5.67. The third kappa shape index (κ3) is 6.05. The van der Waals surface area contributed by atoms with Crippen molar-refractivity contribution in [1.82, 2.24) is 19.9 Å². The van der Waals surface area contributed by atoms with E-state index in [-0.39, 0.29) is 52.6 Å². The number of nitrogens with zero attached hydrogens (tertiary/aromatic N) is 4. The summed E-state index contributed by atoms with van der Waals surface area (Å²) in [5.74, 6) is -0.753. The molecule has 1 aromatic carbocycles. The minimum Gasteiger partial charge on any atom is -0.481 e. The molecule has 0 atom stereocenters. The number of carboxylic acid groups (broad SMARTS) is 1. The lowest BCUT2D eigenvalue weighted by atomic mass is 10.0. The van der Waals surface area contributed by atoms with Crippen LogP contribution in [0.1, 0.15) is 22.8 Å². The number of carboxylic acids is 1. The second-order valence-electron chi connectivity index (χ2n) is 6.68. The van der Waals surface area contributed by atoms with Crippen LogP contribution in [0.5, 0.6) is 47.0 Å². The molecule has 3 rings (SSSR count). The van der Waals surface area contributed by atoms with Crippen molar-refractivity contribution in [3.05, 3.63) is 47.5 Å². The first-order valence-electron chi connectivity index (χ1n) is 10.2. The fourth-order valence-corrected chi connectivity index (χ4v) is 2.88. The van der Waals surface area contributed by atoms with Crippen LogP contribution in [0.2, 0.25) is 0 Å². The smallest absolute Gasteiger partial charge is 0.343 e. The van der Waals surface area contributed by atoms with Crippen LogP contribution in [0.3, 0.4) is 0 Å². The monoisotopic (exact) mass is 484 g/mol. The van der Waals surface area contributed by atoms with Crippen LogP contribution in [0, 0.1) is 0 Å². The van der Waals surface area contributed by atoms with E-state index in [4.69, 9.17) is 28.4 Å². The second-order valence-corrected chi connectivity index (χ2v) is 6.68. The van der Waals surface area contributed by atoms with Gasteiger partial charge in [0, 0.05) is 0 Å². The van der Waals surface area contributed by atoms with E-state index >= 15 is 0 Å². The standard InChI is InChI=1S/C23H24N4O8/c1-6-7-8-13-9-10-14(34-22-24-15(30-2)11-16(25-22)31-3)19(21(28)29)20(13)35-23-26-17(32-4)12-18(27-23)33-5/h6-7,9-12H,8H2,1-5H3,(H,28,29). The SMILES string of the molecule is CC=CCc1ccc(Oc2nc(OC)cc(OC)n2)c(C(=O)O)c1Oc1nc(OC)cc(OC)n1. The maximum Gasteiger partial charge on any atom is 0.343 e. The number of ether oxygens (including phenoxy) is 6. The van der Waals surface area contributed by atoms with E-state index in [0.29, 0.717) is 12.0 Å². The maximum absolute atomic E-state index is 12.4. The maximum atomic E-state index is 12.4. The van der Waals surface area contributed by atoms with Crippen molar-refractivity contribution in [3.8, 4) is 47.0 Å². The highest BCUT2D eigenvalue weighted by Gasteiger charge is 2.25. The zero-order valence-electron chi connectivity index (χ0n) is 19.8. The molecule has 0 spiro atoms. The van der Waals surface area contributed by atoms with E-state index in [1.165, 1.54) is 46.6 Å². The van der Waals surface area contributed by atoms with Crippen molar-refractivity contribution >= 4 is 5.97 Å². The highest BCUT2D eigenvalue weighted by Crippen LogP contribution is 2.38. The minimum absolute atomic E-state index is 0.0294. The summed E-state index contributed by atoms with van der Waals surface area (Å²) in [6, 6.07) is 5.69. The van der Waals surface area contributed by atoms with Crippen LogP contribution < -0.4 is 28.4 Å². The first-order chi connectivity index (χ1) is 16.9. The Bertz CT molecular complexity index is 1190. The van der Waals surface area contributed by atoms with Gasteiger partial charge in [0.1, 0.15) is 11.3 Å². The van der Waals surface area contributed by atoms with Gasteiger partial charge in [0.2, 0.25) is 23.5 Å². The number of benzene rings is 1. The van der Waals surface area contributed by atoms with E-state index in [2.05, 4.69) is 19.9 Å². The highest BCUT2D eigenvalue weighted by atomic mass is 16.5. The molecule has 0 unspecified atom stereocenters. The van der Waals surface area contributed by atoms with Crippen LogP contribution in [0.25, 0.3) is 0 Å². The molecule has 3 aromatic rings. The molecule has 2 aromatic heterocycles. The lowest BCUT2D eigenvalue weighted by Crippen LogP contribution is -2.08. The Kier molecular flexibility index (Phi) is 8.22. The fourth-order valence-electron chi connectivity index (χ4n) is 2.88. The van der Waals surface area contributed by atoms with Gasteiger partial charge in [-0.1, -0.05) is 18.2 Å². The summed E-state index contributed by atoms with van der Waals surface area (Å²) < 4.78 is 32.2. The lowest BCUT2D eigenvalue weighted by Gasteiger charge is -2.16. The van der Waals surface area contributed by atoms with E-state index in [0.717, 1.165) is 0 Å². The number of hydrogen-bond donors (Lipinski definition) is 1. The molecule has 0 fully saturated rings. The van der Waals surface area contributed by atoms with Gasteiger partial charge in [-0.25, -0.2) is 4.79 Å². The number of aromatic carboxylic acids is 1. The van der Waals surface area contributed by atoms with Gasteiger partial charge in [0.15, 0.2) is 5.75 Å². The number of rotatable bonds is 11. The number of aromatic nitrogens is 4. The quantitative estimate of drug-likeness (QED) is 0.396. The fraction of sp³-hybridized carbons (Fsp3) is 0.261. The van der Waals surface area contributed by atoms with Crippen molar-refractivity contribution < 1.29 is 38.3 Å². The van der Waals surface area contributed by atoms with Gasteiger partial charge in [-0.3, -0.25) is 0 Å². The molecule has 0 aliphatic carbocycles. The van der Waals surface area contributed by atoms with E-state index < -0.39 is 5.97 Å². The first-order valence-corrected chi connectivity index (χ1v) is 10.2. The Balaban J connectivity index is 2.14.